The van der Waals surface area contributed by atoms with Gasteiger partial charge in [-0.05, 0) is 18.6 Å². The van der Waals surface area contributed by atoms with E-state index in [2.05, 4.69) is 10.1 Å². The van der Waals surface area contributed by atoms with Crippen LogP contribution < -0.4 is 0 Å². The van der Waals surface area contributed by atoms with Crippen molar-refractivity contribution >= 4 is 17.5 Å². The van der Waals surface area contributed by atoms with Crippen molar-refractivity contribution in [3.8, 4) is 11.3 Å². The third-order valence-electron chi connectivity index (χ3n) is 3.87. The number of carbonyl (C=O) groups excluding carboxylic acids is 1. The molecule has 0 aliphatic carbocycles. The molecule has 0 aliphatic heterocycles. The summed E-state index contributed by atoms with van der Waals surface area (Å²) >= 11 is 5.74. The molecule has 0 saturated carbocycles. The van der Waals surface area contributed by atoms with Gasteiger partial charge >= 0.3 is 0 Å². The van der Waals surface area contributed by atoms with Crippen LogP contribution in [0.3, 0.4) is 0 Å². The molecule has 0 bridgehead atoms. The van der Waals surface area contributed by atoms with Crippen molar-refractivity contribution in [3.63, 3.8) is 0 Å². The zero-order valence-corrected chi connectivity index (χ0v) is 14.6. The quantitative estimate of drug-likeness (QED) is 0.625. The lowest BCUT2D eigenvalue weighted by atomic mass is 10.1. The molecule has 25 heavy (non-hydrogen) atoms. The maximum atomic E-state index is 12.3. The Morgan fingerprint density at radius 3 is 2.72 bits per heavy atom. The van der Waals surface area contributed by atoms with Crippen molar-refractivity contribution in [2.75, 3.05) is 13.6 Å². The number of rotatable bonds is 6. The highest BCUT2D eigenvalue weighted by atomic mass is 35.5. The molecule has 1 amide bonds. The molecule has 0 aliphatic rings. The molecular weight excluding hydrogens is 338 g/mol. The van der Waals surface area contributed by atoms with Crippen LogP contribution in [0.25, 0.3) is 11.3 Å². The summed E-state index contributed by atoms with van der Waals surface area (Å²) in [5, 5.41) is 4.47. The van der Waals surface area contributed by atoms with Crippen LogP contribution in [0.15, 0.2) is 59.3 Å². The first-order valence-electron chi connectivity index (χ1n) is 8.01. The van der Waals surface area contributed by atoms with Gasteiger partial charge in [0.1, 0.15) is 16.6 Å². The molecule has 3 rings (SSSR count). The Balaban J connectivity index is 1.52. The standard InChI is InChI=1S/C19H18ClN3O2/c1-23(19(24)15-9-10-18(20)21-13-15)11-5-8-16-12-17(22-25-16)14-6-3-2-4-7-14/h2-4,6-7,9-10,12-13H,5,8,11H2,1H3. The number of benzene rings is 1. The second-order valence-corrected chi connectivity index (χ2v) is 6.13. The van der Waals surface area contributed by atoms with E-state index in [-0.39, 0.29) is 5.91 Å². The summed E-state index contributed by atoms with van der Waals surface area (Å²) in [6, 6.07) is 15.1. The molecule has 128 valence electrons. The Labute approximate surface area is 151 Å². The summed E-state index contributed by atoms with van der Waals surface area (Å²) in [7, 11) is 1.77. The maximum absolute atomic E-state index is 12.3. The molecule has 2 heterocycles. The smallest absolute Gasteiger partial charge is 0.255 e. The average Bonchev–Trinajstić information content (AvgIpc) is 3.11. The van der Waals surface area contributed by atoms with E-state index in [0.717, 1.165) is 29.9 Å². The highest BCUT2D eigenvalue weighted by Gasteiger charge is 2.12. The van der Waals surface area contributed by atoms with Gasteiger partial charge < -0.3 is 9.42 Å². The van der Waals surface area contributed by atoms with Gasteiger partial charge in [0.25, 0.3) is 5.91 Å². The number of carbonyl (C=O) groups is 1. The maximum Gasteiger partial charge on any atom is 0.255 e. The Bertz CT molecular complexity index is 831. The van der Waals surface area contributed by atoms with Crippen LogP contribution >= 0.6 is 11.6 Å². The van der Waals surface area contributed by atoms with E-state index < -0.39 is 0 Å². The zero-order chi connectivity index (χ0) is 17.6. The number of amides is 1. The summed E-state index contributed by atoms with van der Waals surface area (Å²) in [6.45, 7) is 0.614. The van der Waals surface area contributed by atoms with E-state index in [1.54, 1.807) is 24.1 Å². The molecule has 0 spiro atoms. The average molecular weight is 356 g/mol. The summed E-state index contributed by atoms with van der Waals surface area (Å²) in [4.78, 5) is 17.9. The molecule has 0 atom stereocenters. The van der Waals surface area contributed by atoms with Crippen LogP contribution in [0.5, 0.6) is 0 Å². The highest BCUT2D eigenvalue weighted by molar-refractivity contribution is 6.29. The molecule has 1 aromatic carbocycles. The third kappa shape index (κ3) is 4.45. The Hall–Kier alpha value is -2.66. The first kappa shape index (κ1) is 17.2. The lowest BCUT2D eigenvalue weighted by Crippen LogP contribution is -2.28. The summed E-state index contributed by atoms with van der Waals surface area (Å²) in [5.41, 5.74) is 2.38. The first-order valence-corrected chi connectivity index (χ1v) is 8.39. The molecule has 0 saturated heterocycles. The molecule has 6 heteroatoms. The van der Waals surface area contributed by atoms with Gasteiger partial charge in [0, 0.05) is 37.8 Å². The number of hydrogen-bond acceptors (Lipinski definition) is 4. The van der Waals surface area contributed by atoms with Crippen LogP contribution in [0.4, 0.5) is 0 Å². The minimum absolute atomic E-state index is 0.0771. The second-order valence-electron chi connectivity index (χ2n) is 5.74. The number of pyridine rings is 1. The van der Waals surface area contributed by atoms with Crippen molar-refractivity contribution in [3.05, 3.63) is 71.2 Å². The minimum Gasteiger partial charge on any atom is -0.361 e. The van der Waals surface area contributed by atoms with E-state index in [9.17, 15) is 4.79 Å². The summed E-state index contributed by atoms with van der Waals surface area (Å²) in [5.74, 6) is 0.736. The number of aryl methyl sites for hydroxylation is 1. The predicted octanol–water partition coefficient (Wildman–Crippen LogP) is 4.09. The minimum atomic E-state index is -0.0771. The number of nitrogens with zero attached hydrogens (tertiary/aromatic N) is 3. The van der Waals surface area contributed by atoms with E-state index >= 15 is 0 Å². The van der Waals surface area contributed by atoms with Crippen LogP contribution in [0, 0.1) is 0 Å². The van der Waals surface area contributed by atoms with Crippen molar-refractivity contribution in [1.29, 1.82) is 0 Å². The molecule has 3 aromatic rings. The first-order chi connectivity index (χ1) is 12.1. The summed E-state index contributed by atoms with van der Waals surface area (Å²) in [6.07, 6.45) is 2.99. The van der Waals surface area contributed by atoms with Crippen LogP contribution in [-0.2, 0) is 6.42 Å². The van der Waals surface area contributed by atoms with E-state index in [1.165, 1.54) is 6.20 Å². The van der Waals surface area contributed by atoms with Crippen molar-refractivity contribution in [2.45, 2.75) is 12.8 Å². The largest absolute Gasteiger partial charge is 0.361 e. The fourth-order valence-electron chi connectivity index (χ4n) is 2.49. The highest BCUT2D eigenvalue weighted by Crippen LogP contribution is 2.19. The Morgan fingerprint density at radius 2 is 2.00 bits per heavy atom. The van der Waals surface area contributed by atoms with E-state index in [4.69, 9.17) is 16.1 Å². The lowest BCUT2D eigenvalue weighted by Gasteiger charge is -2.16. The van der Waals surface area contributed by atoms with Gasteiger partial charge in [-0.15, -0.1) is 0 Å². The predicted molar refractivity (Wildman–Crippen MR) is 96.5 cm³/mol. The molecular formula is C19H18ClN3O2. The third-order valence-corrected chi connectivity index (χ3v) is 4.09. The van der Waals surface area contributed by atoms with Crippen molar-refractivity contribution in [2.24, 2.45) is 0 Å². The van der Waals surface area contributed by atoms with Crippen LogP contribution in [0.1, 0.15) is 22.5 Å². The normalized spacial score (nSPS) is 10.6. The van der Waals surface area contributed by atoms with Crippen LogP contribution in [0.2, 0.25) is 5.15 Å². The van der Waals surface area contributed by atoms with Gasteiger partial charge in [-0.1, -0.05) is 47.1 Å². The van der Waals surface area contributed by atoms with Gasteiger partial charge in [-0.3, -0.25) is 4.79 Å². The molecule has 0 radical (unpaired) electrons. The monoisotopic (exact) mass is 355 g/mol. The fourth-order valence-corrected chi connectivity index (χ4v) is 2.60. The number of hydrogen-bond donors (Lipinski definition) is 0. The SMILES string of the molecule is CN(CCCc1cc(-c2ccccc2)no1)C(=O)c1ccc(Cl)nc1. The number of aromatic nitrogens is 2. The van der Waals surface area contributed by atoms with Gasteiger partial charge in [0.15, 0.2) is 0 Å². The molecule has 5 nitrogen and oxygen atoms in total. The van der Waals surface area contributed by atoms with Gasteiger partial charge in [-0.2, -0.15) is 0 Å². The lowest BCUT2D eigenvalue weighted by molar-refractivity contribution is 0.0792. The van der Waals surface area contributed by atoms with E-state index in [1.807, 2.05) is 36.4 Å². The molecule has 2 aromatic heterocycles. The van der Waals surface area contributed by atoms with Gasteiger partial charge in [0.2, 0.25) is 0 Å². The molecule has 0 fully saturated rings. The number of halogens is 1. The van der Waals surface area contributed by atoms with Crippen molar-refractivity contribution < 1.29 is 9.32 Å². The summed E-state index contributed by atoms with van der Waals surface area (Å²) < 4.78 is 5.38. The van der Waals surface area contributed by atoms with E-state index in [0.29, 0.717) is 17.3 Å². The Morgan fingerprint density at radius 1 is 1.20 bits per heavy atom. The van der Waals surface area contributed by atoms with Gasteiger partial charge in [0.05, 0.1) is 5.56 Å². The molecule has 0 unspecified atom stereocenters. The topological polar surface area (TPSA) is 59.2 Å². The fraction of sp³-hybridized carbons (Fsp3) is 0.211. The Kier molecular flexibility index (Phi) is 5.46. The van der Waals surface area contributed by atoms with Crippen molar-refractivity contribution in [1.82, 2.24) is 15.0 Å². The zero-order valence-electron chi connectivity index (χ0n) is 13.9. The van der Waals surface area contributed by atoms with Gasteiger partial charge in [-0.25, -0.2) is 4.98 Å². The molecule has 0 N–H and O–H groups in total. The second kappa shape index (κ2) is 7.94. The van der Waals surface area contributed by atoms with Crippen LogP contribution in [-0.4, -0.2) is 34.5 Å².